The zero-order valence-electron chi connectivity index (χ0n) is 14.3. The van der Waals surface area contributed by atoms with Crippen molar-refractivity contribution < 1.29 is 23.8 Å². The third kappa shape index (κ3) is 3.61. The summed E-state index contributed by atoms with van der Waals surface area (Å²) < 4.78 is 15.9. The van der Waals surface area contributed by atoms with Gasteiger partial charge in [-0.25, -0.2) is 9.59 Å². The number of allylic oxidation sites excluding steroid dienone is 1. The zero-order chi connectivity index (χ0) is 17.7. The Bertz CT molecular complexity index is 669. The summed E-state index contributed by atoms with van der Waals surface area (Å²) in [5, 5.41) is 5.36. The normalized spacial score (nSPS) is 17.0. The summed E-state index contributed by atoms with van der Waals surface area (Å²) in [5.74, 6) is 0.658. The van der Waals surface area contributed by atoms with Crippen LogP contribution < -0.4 is 20.1 Å². The Morgan fingerprint density at radius 1 is 1.25 bits per heavy atom. The highest BCUT2D eigenvalue weighted by Crippen LogP contribution is 2.35. The maximum Gasteiger partial charge on any atom is 0.338 e. The van der Waals surface area contributed by atoms with Crippen LogP contribution in [0.2, 0.25) is 0 Å². The maximum atomic E-state index is 12.5. The highest BCUT2D eigenvalue weighted by atomic mass is 16.5. The number of esters is 1. The largest absolute Gasteiger partial charge is 0.497 e. The van der Waals surface area contributed by atoms with Gasteiger partial charge in [-0.15, -0.1) is 0 Å². The minimum Gasteiger partial charge on any atom is -0.497 e. The molecular formula is C17H22N2O5. The van der Waals surface area contributed by atoms with Crippen LogP contribution >= 0.6 is 0 Å². The fraction of sp³-hybridized carbons (Fsp3) is 0.412. The Labute approximate surface area is 141 Å². The lowest BCUT2D eigenvalue weighted by Gasteiger charge is -2.29. The van der Waals surface area contributed by atoms with E-state index in [0.29, 0.717) is 41.4 Å². The van der Waals surface area contributed by atoms with Crippen LogP contribution in [0.4, 0.5) is 4.79 Å². The molecule has 0 spiro atoms. The minimum atomic E-state index is -0.687. The molecule has 2 amide bonds. The van der Waals surface area contributed by atoms with Gasteiger partial charge in [-0.2, -0.15) is 0 Å². The van der Waals surface area contributed by atoms with Crippen molar-refractivity contribution in [3.8, 4) is 11.5 Å². The molecule has 0 bridgehead atoms. The van der Waals surface area contributed by atoms with Crippen LogP contribution in [0.25, 0.3) is 0 Å². The number of amides is 2. The number of hydrogen-bond acceptors (Lipinski definition) is 5. The lowest BCUT2D eigenvalue weighted by Crippen LogP contribution is -2.45. The Hall–Kier alpha value is -2.70. The van der Waals surface area contributed by atoms with E-state index in [1.807, 2.05) is 6.92 Å². The van der Waals surface area contributed by atoms with Crippen LogP contribution in [0.1, 0.15) is 31.9 Å². The number of urea groups is 1. The molecule has 0 unspecified atom stereocenters. The van der Waals surface area contributed by atoms with Crippen molar-refractivity contribution >= 4 is 12.0 Å². The number of rotatable bonds is 6. The topological polar surface area (TPSA) is 85.9 Å². The van der Waals surface area contributed by atoms with Crippen molar-refractivity contribution in [1.29, 1.82) is 0 Å². The lowest BCUT2D eigenvalue weighted by atomic mass is 9.94. The van der Waals surface area contributed by atoms with E-state index in [9.17, 15) is 9.59 Å². The molecule has 24 heavy (non-hydrogen) atoms. The van der Waals surface area contributed by atoms with Gasteiger partial charge < -0.3 is 24.8 Å². The molecule has 1 atom stereocenters. The molecule has 7 nitrogen and oxygen atoms in total. The SMILES string of the molecule is CCCOC(=O)C1=C(C)NC(=O)N[C@H]1c1cc(OC)ccc1OC. The van der Waals surface area contributed by atoms with Gasteiger partial charge in [0.1, 0.15) is 11.5 Å². The average Bonchev–Trinajstić information content (AvgIpc) is 2.58. The van der Waals surface area contributed by atoms with Crippen molar-refractivity contribution in [3.63, 3.8) is 0 Å². The molecule has 2 N–H and O–H groups in total. The summed E-state index contributed by atoms with van der Waals surface area (Å²) in [7, 11) is 3.07. The molecular weight excluding hydrogens is 312 g/mol. The van der Waals surface area contributed by atoms with Crippen molar-refractivity contribution in [3.05, 3.63) is 35.0 Å². The first-order chi connectivity index (χ1) is 11.5. The van der Waals surface area contributed by atoms with Crippen LogP contribution in [-0.2, 0) is 9.53 Å². The number of hydrogen-bond donors (Lipinski definition) is 2. The van der Waals surface area contributed by atoms with Crippen LogP contribution in [0.5, 0.6) is 11.5 Å². The van der Waals surface area contributed by atoms with E-state index in [0.717, 1.165) is 0 Å². The van der Waals surface area contributed by atoms with E-state index < -0.39 is 18.0 Å². The standard InChI is InChI=1S/C17H22N2O5/c1-5-8-24-16(20)14-10(2)18-17(21)19-15(14)12-9-11(22-3)6-7-13(12)23-4/h6-7,9,15H,5,8H2,1-4H3,(H2,18,19,21)/t15-/m0/s1. The lowest BCUT2D eigenvalue weighted by molar-refractivity contribution is -0.139. The van der Waals surface area contributed by atoms with Gasteiger partial charge in [-0.3, -0.25) is 0 Å². The predicted octanol–water partition coefficient (Wildman–Crippen LogP) is 2.28. The molecule has 1 aliphatic rings. The van der Waals surface area contributed by atoms with Gasteiger partial charge in [0.2, 0.25) is 0 Å². The molecule has 0 aromatic heterocycles. The Morgan fingerprint density at radius 2 is 2.00 bits per heavy atom. The number of carbonyl (C=O) groups excluding carboxylic acids is 2. The quantitative estimate of drug-likeness (QED) is 0.780. The van der Waals surface area contributed by atoms with Crippen LogP contribution in [-0.4, -0.2) is 32.8 Å². The number of methoxy groups -OCH3 is 2. The fourth-order valence-electron chi connectivity index (χ4n) is 2.54. The summed E-state index contributed by atoms with van der Waals surface area (Å²) in [6.07, 6.45) is 0.713. The van der Waals surface area contributed by atoms with Crippen LogP contribution in [0.15, 0.2) is 29.5 Å². The molecule has 1 heterocycles. The predicted molar refractivity (Wildman–Crippen MR) is 87.9 cm³/mol. The van der Waals surface area contributed by atoms with Gasteiger partial charge in [0.25, 0.3) is 0 Å². The Morgan fingerprint density at radius 3 is 2.62 bits per heavy atom. The smallest absolute Gasteiger partial charge is 0.338 e. The second-order valence-corrected chi connectivity index (χ2v) is 5.31. The average molecular weight is 334 g/mol. The first-order valence-electron chi connectivity index (χ1n) is 7.69. The molecule has 7 heteroatoms. The van der Waals surface area contributed by atoms with Crippen LogP contribution in [0, 0.1) is 0 Å². The van der Waals surface area contributed by atoms with E-state index in [4.69, 9.17) is 14.2 Å². The van der Waals surface area contributed by atoms with Gasteiger partial charge in [-0.05, 0) is 31.5 Å². The number of nitrogens with one attached hydrogen (secondary N) is 2. The highest BCUT2D eigenvalue weighted by Gasteiger charge is 2.34. The molecule has 0 fully saturated rings. The minimum absolute atomic E-state index is 0.311. The van der Waals surface area contributed by atoms with Crippen LogP contribution in [0.3, 0.4) is 0 Å². The first-order valence-corrected chi connectivity index (χ1v) is 7.69. The number of ether oxygens (including phenoxy) is 3. The van der Waals surface area contributed by atoms with Gasteiger partial charge >= 0.3 is 12.0 Å². The maximum absolute atomic E-state index is 12.5. The molecule has 1 aromatic carbocycles. The summed E-state index contributed by atoms with van der Waals surface area (Å²) >= 11 is 0. The van der Waals surface area contributed by atoms with Gasteiger partial charge in [0.15, 0.2) is 0 Å². The third-order valence-corrected chi connectivity index (χ3v) is 3.67. The molecule has 0 aliphatic carbocycles. The van der Waals surface area contributed by atoms with Gasteiger partial charge in [0, 0.05) is 11.3 Å². The monoisotopic (exact) mass is 334 g/mol. The number of carbonyl (C=O) groups is 2. The van der Waals surface area contributed by atoms with Gasteiger partial charge in [-0.1, -0.05) is 6.92 Å². The molecule has 130 valence electrons. The summed E-state index contributed by atoms with van der Waals surface area (Å²) in [6.45, 7) is 3.89. The van der Waals surface area contributed by atoms with Crippen molar-refractivity contribution in [2.24, 2.45) is 0 Å². The molecule has 1 aromatic rings. The third-order valence-electron chi connectivity index (χ3n) is 3.67. The van der Waals surface area contributed by atoms with Crippen molar-refractivity contribution in [2.75, 3.05) is 20.8 Å². The van der Waals surface area contributed by atoms with E-state index in [-0.39, 0.29) is 0 Å². The summed E-state index contributed by atoms with van der Waals surface area (Å²) in [4.78, 5) is 24.4. The van der Waals surface area contributed by atoms with E-state index >= 15 is 0 Å². The first kappa shape index (κ1) is 17.7. The second-order valence-electron chi connectivity index (χ2n) is 5.31. The number of benzene rings is 1. The molecule has 2 rings (SSSR count). The van der Waals surface area contributed by atoms with Gasteiger partial charge in [0.05, 0.1) is 32.4 Å². The second kappa shape index (κ2) is 7.72. The Balaban J connectivity index is 2.50. The molecule has 1 aliphatic heterocycles. The Kier molecular flexibility index (Phi) is 5.68. The summed E-state index contributed by atoms with van der Waals surface area (Å²) in [5.41, 5.74) is 1.42. The fourth-order valence-corrected chi connectivity index (χ4v) is 2.54. The van der Waals surface area contributed by atoms with Crippen molar-refractivity contribution in [2.45, 2.75) is 26.3 Å². The van der Waals surface area contributed by atoms with E-state index in [2.05, 4.69) is 10.6 Å². The van der Waals surface area contributed by atoms with E-state index in [1.54, 1.807) is 32.2 Å². The molecule has 0 saturated carbocycles. The highest BCUT2D eigenvalue weighted by molar-refractivity contribution is 5.95. The van der Waals surface area contributed by atoms with Crippen molar-refractivity contribution in [1.82, 2.24) is 10.6 Å². The summed E-state index contributed by atoms with van der Waals surface area (Å²) in [6, 6.07) is 4.13. The van der Waals surface area contributed by atoms with E-state index in [1.165, 1.54) is 7.11 Å². The molecule has 0 saturated heterocycles. The zero-order valence-corrected chi connectivity index (χ0v) is 14.3. The molecule has 0 radical (unpaired) electrons.